The highest BCUT2D eigenvalue weighted by molar-refractivity contribution is 9.10. The SMILES string of the molecule is Cc1cc(Nc2ccc(F)cc2CN)ccc1Br. The Bertz CT molecular complexity index is 570. The minimum absolute atomic E-state index is 0.270. The highest BCUT2D eigenvalue weighted by Gasteiger charge is 2.04. The van der Waals surface area contributed by atoms with Crippen LogP contribution in [0.2, 0.25) is 0 Å². The van der Waals surface area contributed by atoms with E-state index in [-0.39, 0.29) is 5.82 Å². The molecule has 0 heterocycles. The number of hydrogen-bond donors (Lipinski definition) is 2. The van der Waals surface area contributed by atoms with E-state index in [1.165, 1.54) is 12.1 Å². The summed E-state index contributed by atoms with van der Waals surface area (Å²) in [6.45, 7) is 2.32. The molecule has 2 aromatic rings. The second-order valence-electron chi connectivity index (χ2n) is 4.09. The van der Waals surface area contributed by atoms with E-state index >= 15 is 0 Å². The molecular formula is C14H14BrFN2. The highest BCUT2D eigenvalue weighted by atomic mass is 79.9. The average molecular weight is 309 g/mol. The molecule has 0 radical (unpaired) electrons. The Labute approximate surface area is 114 Å². The molecule has 0 amide bonds. The van der Waals surface area contributed by atoms with Crippen LogP contribution in [0.15, 0.2) is 40.9 Å². The van der Waals surface area contributed by atoms with Crippen LogP contribution >= 0.6 is 15.9 Å². The summed E-state index contributed by atoms with van der Waals surface area (Å²) in [6, 6.07) is 10.5. The first-order valence-corrected chi connectivity index (χ1v) is 6.41. The van der Waals surface area contributed by atoms with Crippen molar-refractivity contribution in [3.8, 4) is 0 Å². The van der Waals surface area contributed by atoms with Crippen LogP contribution in [0.3, 0.4) is 0 Å². The molecule has 0 bridgehead atoms. The first-order valence-electron chi connectivity index (χ1n) is 5.62. The lowest BCUT2D eigenvalue weighted by Gasteiger charge is -2.12. The van der Waals surface area contributed by atoms with Crippen molar-refractivity contribution in [2.24, 2.45) is 5.73 Å². The van der Waals surface area contributed by atoms with Gasteiger partial charge in [-0.3, -0.25) is 0 Å². The maximum atomic E-state index is 13.1. The number of hydrogen-bond acceptors (Lipinski definition) is 2. The third-order valence-corrected chi connectivity index (χ3v) is 3.61. The van der Waals surface area contributed by atoms with Gasteiger partial charge in [-0.05, 0) is 54.4 Å². The lowest BCUT2D eigenvalue weighted by Crippen LogP contribution is -2.02. The van der Waals surface area contributed by atoms with Gasteiger partial charge in [0.05, 0.1) is 0 Å². The molecule has 94 valence electrons. The number of halogens is 2. The molecule has 0 unspecified atom stereocenters. The van der Waals surface area contributed by atoms with Crippen LogP contribution in [0, 0.1) is 12.7 Å². The molecule has 0 aliphatic carbocycles. The van der Waals surface area contributed by atoms with Crippen molar-refractivity contribution < 1.29 is 4.39 Å². The fourth-order valence-electron chi connectivity index (χ4n) is 1.73. The maximum Gasteiger partial charge on any atom is 0.123 e. The van der Waals surface area contributed by atoms with Gasteiger partial charge in [0.25, 0.3) is 0 Å². The summed E-state index contributed by atoms with van der Waals surface area (Å²) in [7, 11) is 0. The standard InChI is InChI=1S/C14H14BrFN2/c1-9-6-12(3-4-13(9)15)18-14-5-2-11(16)7-10(14)8-17/h2-7,18H,8,17H2,1H3. The van der Waals surface area contributed by atoms with Crippen molar-refractivity contribution >= 4 is 27.3 Å². The van der Waals surface area contributed by atoms with Gasteiger partial charge < -0.3 is 11.1 Å². The predicted octanol–water partition coefficient (Wildman–Crippen LogP) is 4.10. The largest absolute Gasteiger partial charge is 0.355 e. The molecule has 0 spiro atoms. The molecule has 2 rings (SSSR count). The summed E-state index contributed by atoms with van der Waals surface area (Å²) in [5.41, 5.74) is 9.30. The molecule has 0 aliphatic heterocycles. The molecule has 2 aromatic carbocycles. The second kappa shape index (κ2) is 5.50. The van der Waals surface area contributed by atoms with Crippen molar-refractivity contribution in [3.63, 3.8) is 0 Å². The number of nitrogens with one attached hydrogen (secondary N) is 1. The quantitative estimate of drug-likeness (QED) is 0.896. The molecule has 0 aliphatic rings. The van der Waals surface area contributed by atoms with Crippen molar-refractivity contribution in [3.05, 3.63) is 57.8 Å². The summed E-state index contributed by atoms with van der Waals surface area (Å²) in [5, 5.41) is 3.25. The summed E-state index contributed by atoms with van der Waals surface area (Å²) in [5.74, 6) is -0.270. The molecule has 0 atom stereocenters. The minimum Gasteiger partial charge on any atom is -0.355 e. The van der Waals surface area contributed by atoms with Gasteiger partial charge in [0.1, 0.15) is 5.82 Å². The monoisotopic (exact) mass is 308 g/mol. The normalized spacial score (nSPS) is 10.4. The van der Waals surface area contributed by atoms with Gasteiger partial charge in [-0.15, -0.1) is 0 Å². The zero-order chi connectivity index (χ0) is 13.1. The molecule has 0 aromatic heterocycles. The molecule has 2 nitrogen and oxygen atoms in total. The lowest BCUT2D eigenvalue weighted by molar-refractivity contribution is 0.626. The number of nitrogens with two attached hydrogens (primary N) is 1. The number of anilines is 2. The summed E-state index contributed by atoms with van der Waals surface area (Å²) < 4.78 is 14.2. The van der Waals surface area contributed by atoms with Crippen LogP contribution in [-0.4, -0.2) is 0 Å². The van der Waals surface area contributed by atoms with E-state index in [2.05, 4.69) is 21.2 Å². The molecule has 0 saturated carbocycles. The number of aryl methyl sites for hydroxylation is 1. The van der Waals surface area contributed by atoms with Gasteiger partial charge in [0.2, 0.25) is 0 Å². The second-order valence-corrected chi connectivity index (χ2v) is 4.95. The molecule has 0 saturated heterocycles. The van der Waals surface area contributed by atoms with Crippen LogP contribution in [0.4, 0.5) is 15.8 Å². The fourth-order valence-corrected chi connectivity index (χ4v) is 1.98. The smallest absolute Gasteiger partial charge is 0.123 e. The Balaban J connectivity index is 2.30. The Hall–Kier alpha value is -1.39. The van der Waals surface area contributed by atoms with Crippen LogP contribution in [0.25, 0.3) is 0 Å². The van der Waals surface area contributed by atoms with E-state index in [9.17, 15) is 4.39 Å². The molecular weight excluding hydrogens is 295 g/mol. The Morgan fingerprint density at radius 3 is 2.67 bits per heavy atom. The fraction of sp³-hybridized carbons (Fsp3) is 0.143. The van der Waals surface area contributed by atoms with E-state index < -0.39 is 0 Å². The summed E-state index contributed by atoms with van der Waals surface area (Å²) in [4.78, 5) is 0. The third-order valence-electron chi connectivity index (χ3n) is 2.72. The first kappa shape index (κ1) is 13.1. The lowest BCUT2D eigenvalue weighted by atomic mass is 10.1. The van der Waals surface area contributed by atoms with E-state index in [1.807, 2.05) is 25.1 Å². The Kier molecular flexibility index (Phi) is 3.99. The summed E-state index contributed by atoms with van der Waals surface area (Å²) in [6.07, 6.45) is 0. The van der Waals surface area contributed by atoms with Crippen molar-refractivity contribution in [1.29, 1.82) is 0 Å². The van der Waals surface area contributed by atoms with E-state index in [4.69, 9.17) is 5.73 Å². The maximum absolute atomic E-state index is 13.1. The Morgan fingerprint density at radius 1 is 1.22 bits per heavy atom. The van der Waals surface area contributed by atoms with E-state index in [0.717, 1.165) is 27.0 Å². The van der Waals surface area contributed by atoms with Gasteiger partial charge in [-0.1, -0.05) is 15.9 Å². The molecule has 4 heteroatoms. The van der Waals surface area contributed by atoms with Crippen LogP contribution < -0.4 is 11.1 Å². The molecule has 3 N–H and O–H groups in total. The Morgan fingerprint density at radius 2 is 2.00 bits per heavy atom. The van der Waals surface area contributed by atoms with Gasteiger partial charge in [-0.25, -0.2) is 4.39 Å². The van der Waals surface area contributed by atoms with Gasteiger partial charge in [-0.2, -0.15) is 0 Å². The zero-order valence-corrected chi connectivity index (χ0v) is 11.6. The van der Waals surface area contributed by atoms with Crippen molar-refractivity contribution in [1.82, 2.24) is 0 Å². The van der Waals surface area contributed by atoms with Crippen molar-refractivity contribution in [2.45, 2.75) is 13.5 Å². The summed E-state index contributed by atoms with van der Waals surface area (Å²) >= 11 is 3.46. The topological polar surface area (TPSA) is 38.0 Å². The predicted molar refractivity (Wildman–Crippen MR) is 76.5 cm³/mol. The first-order chi connectivity index (χ1) is 8.60. The molecule has 0 fully saturated rings. The van der Waals surface area contributed by atoms with Gasteiger partial charge in [0.15, 0.2) is 0 Å². The zero-order valence-electron chi connectivity index (χ0n) is 10.0. The molecule has 18 heavy (non-hydrogen) atoms. The number of rotatable bonds is 3. The average Bonchev–Trinajstić information content (AvgIpc) is 2.36. The van der Waals surface area contributed by atoms with Crippen LogP contribution in [0.5, 0.6) is 0 Å². The van der Waals surface area contributed by atoms with Gasteiger partial charge in [0, 0.05) is 22.4 Å². The van der Waals surface area contributed by atoms with E-state index in [0.29, 0.717) is 6.54 Å². The van der Waals surface area contributed by atoms with Crippen molar-refractivity contribution in [2.75, 3.05) is 5.32 Å². The number of benzene rings is 2. The van der Waals surface area contributed by atoms with Crippen LogP contribution in [0.1, 0.15) is 11.1 Å². The minimum atomic E-state index is -0.270. The van der Waals surface area contributed by atoms with Crippen LogP contribution in [-0.2, 0) is 6.54 Å². The van der Waals surface area contributed by atoms with Gasteiger partial charge >= 0.3 is 0 Å². The van der Waals surface area contributed by atoms with E-state index in [1.54, 1.807) is 6.07 Å². The highest BCUT2D eigenvalue weighted by Crippen LogP contribution is 2.25. The third kappa shape index (κ3) is 2.89.